The Kier molecular flexibility index (Phi) is 8.05. The summed E-state index contributed by atoms with van der Waals surface area (Å²) < 4.78 is 6.80. The molecule has 0 spiro atoms. The minimum atomic E-state index is -0.547. The van der Waals surface area contributed by atoms with E-state index in [1.807, 2.05) is 63.2 Å². The first kappa shape index (κ1) is 22.0. The minimum absolute atomic E-state index is 0.124. The summed E-state index contributed by atoms with van der Waals surface area (Å²) in [5, 5.41) is 2.65. The largest absolute Gasteiger partial charge is 0.484 e. The highest BCUT2D eigenvalue weighted by Gasteiger charge is 2.28. The first-order valence-corrected chi connectivity index (χ1v) is 10.1. The molecule has 0 bridgehead atoms. The third-order valence-electron chi connectivity index (χ3n) is 4.60. The number of carbonyl (C=O) groups excluding carboxylic acids is 2. The normalized spacial score (nSPS) is 11.6. The van der Waals surface area contributed by atoms with Crippen LogP contribution in [0.25, 0.3) is 0 Å². The maximum absolute atomic E-state index is 13.0. The molecule has 0 saturated carbocycles. The predicted octanol–water partition coefficient (Wildman–Crippen LogP) is 4.00. The lowest BCUT2D eigenvalue weighted by Crippen LogP contribution is -2.49. The summed E-state index contributed by atoms with van der Waals surface area (Å²) >= 11 is 3.53. The molecule has 0 aromatic heterocycles. The highest BCUT2D eigenvalue weighted by Crippen LogP contribution is 2.26. The van der Waals surface area contributed by atoms with Crippen molar-refractivity contribution in [2.24, 2.45) is 0 Å². The highest BCUT2D eigenvalue weighted by atomic mass is 79.9. The summed E-state index contributed by atoms with van der Waals surface area (Å²) in [7, 11) is 1.58. The number of carbonyl (C=O) groups is 2. The van der Waals surface area contributed by atoms with Crippen LogP contribution < -0.4 is 10.1 Å². The molecule has 0 unspecified atom stereocenters. The van der Waals surface area contributed by atoms with Gasteiger partial charge in [-0.3, -0.25) is 9.59 Å². The molecule has 0 saturated heterocycles. The van der Waals surface area contributed by atoms with Gasteiger partial charge in [0, 0.05) is 18.1 Å². The standard InChI is InChI=1S/C22H27BrN2O3/c1-5-19(22(27)24-4)25(13-17-9-7-6-8-10-17)20(26)14-28-18-11-15(2)21(23)16(3)12-18/h6-12,19H,5,13-14H2,1-4H3,(H,24,27)/t19-/m1/s1. The Hall–Kier alpha value is -2.34. The van der Waals surface area contributed by atoms with Crippen LogP contribution >= 0.6 is 15.9 Å². The second-order valence-corrected chi connectivity index (χ2v) is 7.50. The number of amides is 2. The number of rotatable bonds is 8. The van der Waals surface area contributed by atoms with E-state index in [2.05, 4.69) is 21.2 Å². The smallest absolute Gasteiger partial charge is 0.261 e. The second-order valence-electron chi connectivity index (χ2n) is 6.71. The van der Waals surface area contributed by atoms with Gasteiger partial charge in [-0.2, -0.15) is 0 Å². The van der Waals surface area contributed by atoms with Crippen LogP contribution in [0.5, 0.6) is 5.75 Å². The molecule has 0 aliphatic carbocycles. The Morgan fingerprint density at radius 2 is 1.75 bits per heavy atom. The fourth-order valence-corrected chi connectivity index (χ4v) is 3.31. The van der Waals surface area contributed by atoms with Crippen LogP contribution in [-0.2, 0) is 16.1 Å². The Morgan fingerprint density at radius 3 is 2.29 bits per heavy atom. The predicted molar refractivity (Wildman–Crippen MR) is 114 cm³/mol. The van der Waals surface area contributed by atoms with Crippen molar-refractivity contribution >= 4 is 27.7 Å². The van der Waals surface area contributed by atoms with Crippen molar-refractivity contribution < 1.29 is 14.3 Å². The summed E-state index contributed by atoms with van der Waals surface area (Å²) in [6.45, 7) is 6.08. The van der Waals surface area contributed by atoms with Crippen LogP contribution in [0.4, 0.5) is 0 Å². The molecule has 5 nitrogen and oxygen atoms in total. The third-order valence-corrected chi connectivity index (χ3v) is 5.85. The third kappa shape index (κ3) is 5.58. The van der Waals surface area contributed by atoms with Crippen LogP contribution in [0.2, 0.25) is 0 Å². The molecular weight excluding hydrogens is 420 g/mol. The summed E-state index contributed by atoms with van der Waals surface area (Å²) in [6, 6.07) is 12.9. The molecule has 1 N–H and O–H groups in total. The van der Waals surface area contributed by atoms with E-state index in [0.29, 0.717) is 18.7 Å². The van der Waals surface area contributed by atoms with Crippen molar-refractivity contribution in [3.8, 4) is 5.75 Å². The zero-order chi connectivity index (χ0) is 20.7. The highest BCUT2D eigenvalue weighted by molar-refractivity contribution is 9.10. The molecule has 2 amide bonds. The van der Waals surface area contributed by atoms with Gasteiger partial charge in [0.15, 0.2) is 6.61 Å². The van der Waals surface area contributed by atoms with E-state index in [1.165, 1.54) is 0 Å². The summed E-state index contributed by atoms with van der Waals surface area (Å²) in [6.07, 6.45) is 0.523. The van der Waals surface area contributed by atoms with Gasteiger partial charge in [-0.15, -0.1) is 0 Å². The van der Waals surface area contributed by atoms with Crippen LogP contribution in [0.15, 0.2) is 46.9 Å². The summed E-state index contributed by atoms with van der Waals surface area (Å²) in [5.74, 6) is 0.235. The number of benzene rings is 2. The number of aryl methyl sites for hydroxylation is 2. The lowest BCUT2D eigenvalue weighted by molar-refractivity contribution is -0.142. The number of nitrogens with one attached hydrogen (secondary N) is 1. The zero-order valence-corrected chi connectivity index (χ0v) is 18.4. The van der Waals surface area contributed by atoms with Crippen LogP contribution in [0, 0.1) is 13.8 Å². The molecule has 0 heterocycles. The zero-order valence-electron chi connectivity index (χ0n) is 16.8. The molecule has 0 fully saturated rings. The molecule has 150 valence electrons. The maximum Gasteiger partial charge on any atom is 0.261 e. The summed E-state index contributed by atoms with van der Waals surface area (Å²) in [4.78, 5) is 26.9. The lowest BCUT2D eigenvalue weighted by atomic mass is 10.1. The first-order valence-electron chi connectivity index (χ1n) is 9.31. The van der Waals surface area contributed by atoms with E-state index in [1.54, 1.807) is 11.9 Å². The van der Waals surface area contributed by atoms with E-state index in [-0.39, 0.29) is 18.4 Å². The van der Waals surface area contributed by atoms with Gasteiger partial charge in [-0.1, -0.05) is 53.2 Å². The Bertz CT molecular complexity index is 801. The van der Waals surface area contributed by atoms with Gasteiger partial charge in [0.1, 0.15) is 11.8 Å². The molecule has 1 atom stereocenters. The van der Waals surface area contributed by atoms with Crippen molar-refractivity contribution in [1.82, 2.24) is 10.2 Å². The Morgan fingerprint density at radius 1 is 1.14 bits per heavy atom. The molecule has 2 rings (SSSR count). The average molecular weight is 447 g/mol. The number of hydrogen-bond acceptors (Lipinski definition) is 3. The van der Waals surface area contributed by atoms with Gasteiger partial charge in [0.2, 0.25) is 5.91 Å². The van der Waals surface area contributed by atoms with Crippen molar-refractivity contribution in [3.05, 3.63) is 63.6 Å². The van der Waals surface area contributed by atoms with Crippen molar-refractivity contribution in [2.75, 3.05) is 13.7 Å². The van der Waals surface area contributed by atoms with Gasteiger partial charge in [-0.05, 0) is 49.1 Å². The van der Waals surface area contributed by atoms with Crippen molar-refractivity contribution in [2.45, 2.75) is 39.8 Å². The first-order chi connectivity index (χ1) is 13.4. The number of likely N-dealkylation sites (N-methyl/N-ethyl adjacent to an activating group) is 1. The van der Waals surface area contributed by atoms with Crippen molar-refractivity contribution in [3.63, 3.8) is 0 Å². The van der Waals surface area contributed by atoms with Crippen LogP contribution in [0.3, 0.4) is 0 Å². The topological polar surface area (TPSA) is 58.6 Å². The molecule has 0 radical (unpaired) electrons. The molecular formula is C22H27BrN2O3. The van der Waals surface area contributed by atoms with Crippen LogP contribution in [0.1, 0.15) is 30.0 Å². The van der Waals surface area contributed by atoms with E-state index in [0.717, 1.165) is 21.2 Å². The fraction of sp³-hybridized carbons (Fsp3) is 0.364. The SMILES string of the molecule is CC[C@H](C(=O)NC)N(Cc1ccccc1)C(=O)COc1cc(C)c(Br)c(C)c1. The van der Waals surface area contributed by atoms with Crippen LogP contribution in [-0.4, -0.2) is 36.4 Å². The number of hydrogen-bond donors (Lipinski definition) is 1. The molecule has 0 aliphatic rings. The number of ether oxygens (including phenoxy) is 1. The Balaban J connectivity index is 2.19. The quantitative estimate of drug-likeness (QED) is 0.666. The number of halogens is 1. The minimum Gasteiger partial charge on any atom is -0.484 e. The van der Waals surface area contributed by atoms with Gasteiger partial charge in [-0.25, -0.2) is 0 Å². The van der Waals surface area contributed by atoms with Crippen molar-refractivity contribution in [1.29, 1.82) is 0 Å². The molecule has 28 heavy (non-hydrogen) atoms. The summed E-state index contributed by atoms with van der Waals surface area (Å²) in [5.41, 5.74) is 3.05. The molecule has 6 heteroatoms. The van der Waals surface area contributed by atoms with Gasteiger partial charge in [0.25, 0.3) is 5.91 Å². The molecule has 2 aromatic rings. The van der Waals surface area contributed by atoms with Gasteiger partial charge >= 0.3 is 0 Å². The average Bonchev–Trinajstić information content (AvgIpc) is 2.70. The lowest BCUT2D eigenvalue weighted by Gasteiger charge is -2.30. The van der Waals surface area contributed by atoms with E-state index < -0.39 is 6.04 Å². The fourth-order valence-electron chi connectivity index (χ4n) is 3.08. The van der Waals surface area contributed by atoms with E-state index in [9.17, 15) is 9.59 Å². The van der Waals surface area contributed by atoms with E-state index >= 15 is 0 Å². The monoisotopic (exact) mass is 446 g/mol. The second kappa shape index (κ2) is 10.3. The van der Waals surface area contributed by atoms with Gasteiger partial charge < -0.3 is 15.0 Å². The van der Waals surface area contributed by atoms with Gasteiger partial charge in [0.05, 0.1) is 0 Å². The number of nitrogens with zero attached hydrogens (tertiary/aromatic N) is 1. The molecule has 0 aliphatic heterocycles. The Labute approximate surface area is 175 Å². The molecule has 2 aromatic carbocycles. The van der Waals surface area contributed by atoms with E-state index in [4.69, 9.17) is 4.74 Å². The maximum atomic E-state index is 13.0.